The van der Waals surface area contributed by atoms with E-state index < -0.39 is 5.54 Å². The molecule has 5 rings (SSSR count). The molecule has 3 amide bonds. The van der Waals surface area contributed by atoms with E-state index in [-0.39, 0.29) is 18.5 Å². The lowest BCUT2D eigenvalue weighted by molar-refractivity contribution is -0.136. The van der Waals surface area contributed by atoms with Gasteiger partial charge >= 0.3 is 6.03 Å². The van der Waals surface area contributed by atoms with Crippen LogP contribution in [-0.4, -0.2) is 56.8 Å². The van der Waals surface area contributed by atoms with Gasteiger partial charge in [0.1, 0.15) is 17.1 Å². The van der Waals surface area contributed by atoms with E-state index in [0.717, 1.165) is 48.8 Å². The average Bonchev–Trinajstić information content (AvgIpc) is 3.42. The number of pyridine rings is 1. The summed E-state index contributed by atoms with van der Waals surface area (Å²) in [6.45, 7) is 7.31. The van der Waals surface area contributed by atoms with Crippen molar-refractivity contribution < 1.29 is 14.0 Å². The Labute approximate surface area is 212 Å². The molecule has 2 aliphatic heterocycles. The van der Waals surface area contributed by atoms with E-state index in [2.05, 4.69) is 22.9 Å². The van der Waals surface area contributed by atoms with Crippen LogP contribution in [0.3, 0.4) is 0 Å². The largest absolute Gasteiger partial charge is 0.466 e. The van der Waals surface area contributed by atoms with E-state index in [1.165, 1.54) is 4.90 Å². The molecule has 0 saturated carbocycles. The van der Waals surface area contributed by atoms with Crippen molar-refractivity contribution in [2.75, 3.05) is 19.6 Å². The van der Waals surface area contributed by atoms with Crippen LogP contribution in [-0.2, 0) is 17.9 Å². The van der Waals surface area contributed by atoms with Crippen molar-refractivity contribution in [1.82, 2.24) is 19.7 Å². The standard InChI is InChI=1S/C29H34N4O3/c1-22(26-12-11-23(2)36-26)13-17-31-18-14-29(15-19-31)27(34)32(21-25-10-6-7-16-30-25)28(35)33(29)20-24-8-4-3-5-9-24/h3-12,16,22H,13-15,17-21H2,1-2H3. The lowest BCUT2D eigenvalue weighted by Gasteiger charge is -2.42. The average molecular weight is 487 g/mol. The molecule has 0 bridgehead atoms. The quantitative estimate of drug-likeness (QED) is 0.420. The molecule has 188 valence electrons. The topological polar surface area (TPSA) is 69.9 Å². The van der Waals surface area contributed by atoms with Gasteiger partial charge in [-0.25, -0.2) is 4.79 Å². The molecule has 0 radical (unpaired) electrons. The lowest BCUT2D eigenvalue weighted by atomic mass is 9.85. The molecular formula is C29H34N4O3. The number of carbonyl (C=O) groups excluding carboxylic acids is 2. The first kappa shape index (κ1) is 24.3. The fourth-order valence-corrected chi connectivity index (χ4v) is 5.43. The highest BCUT2D eigenvalue weighted by atomic mass is 16.3. The number of piperidine rings is 1. The molecule has 2 fully saturated rings. The van der Waals surface area contributed by atoms with Gasteiger partial charge in [0.25, 0.3) is 5.91 Å². The SMILES string of the molecule is Cc1ccc(C(C)CCN2CCC3(CC2)C(=O)N(Cc2ccccn2)C(=O)N3Cc2ccccc2)o1. The van der Waals surface area contributed by atoms with Gasteiger partial charge in [-0.1, -0.05) is 43.3 Å². The van der Waals surface area contributed by atoms with Gasteiger partial charge in [0.05, 0.1) is 12.2 Å². The fraction of sp³-hybridized carbons (Fsp3) is 0.414. The Morgan fingerprint density at radius 1 is 0.972 bits per heavy atom. The van der Waals surface area contributed by atoms with Crippen molar-refractivity contribution in [3.8, 4) is 0 Å². The van der Waals surface area contributed by atoms with Gasteiger partial charge in [-0.05, 0) is 62.6 Å². The molecule has 0 N–H and O–H groups in total. The third kappa shape index (κ3) is 4.80. The van der Waals surface area contributed by atoms with E-state index in [0.29, 0.717) is 25.3 Å². The maximum Gasteiger partial charge on any atom is 0.328 e. The molecule has 36 heavy (non-hydrogen) atoms. The Morgan fingerprint density at radius 2 is 1.72 bits per heavy atom. The zero-order valence-corrected chi connectivity index (χ0v) is 21.1. The van der Waals surface area contributed by atoms with Gasteiger partial charge < -0.3 is 14.2 Å². The third-order valence-electron chi connectivity index (χ3n) is 7.66. The van der Waals surface area contributed by atoms with Crippen molar-refractivity contribution in [2.24, 2.45) is 0 Å². The van der Waals surface area contributed by atoms with Crippen LogP contribution >= 0.6 is 0 Å². The Balaban J connectivity index is 1.30. The van der Waals surface area contributed by atoms with Crippen LogP contribution in [0.5, 0.6) is 0 Å². The molecule has 2 saturated heterocycles. The first-order chi connectivity index (χ1) is 17.5. The Morgan fingerprint density at radius 3 is 2.39 bits per heavy atom. The van der Waals surface area contributed by atoms with Crippen molar-refractivity contribution in [3.63, 3.8) is 0 Å². The number of amides is 3. The molecule has 7 heteroatoms. The number of carbonyl (C=O) groups is 2. The van der Waals surface area contributed by atoms with Crippen molar-refractivity contribution in [1.29, 1.82) is 0 Å². The van der Waals surface area contributed by atoms with Crippen molar-refractivity contribution in [2.45, 2.75) is 57.7 Å². The second-order valence-electron chi connectivity index (χ2n) is 10.1. The van der Waals surface area contributed by atoms with Crippen LogP contribution in [0.25, 0.3) is 0 Å². The first-order valence-corrected chi connectivity index (χ1v) is 12.8. The van der Waals surface area contributed by atoms with Crippen LogP contribution in [0.2, 0.25) is 0 Å². The second kappa shape index (κ2) is 10.3. The number of aryl methyl sites for hydroxylation is 1. The second-order valence-corrected chi connectivity index (χ2v) is 10.1. The normalized spacial score (nSPS) is 18.8. The zero-order valence-electron chi connectivity index (χ0n) is 21.1. The zero-order chi connectivity index (χ0) is 25.1. The number of rotatable bonds is 8. The molecule has 1 atom stereocenters. The summed E-state index contributed by atoms with van der Waals surface area (Å²) in [6.07, 6.45) is 3.96. The molecule has 3 aromatic rings. The molecule has 4 heterocycles. The summed E-state index contributed by atoms with van der Waals surface area (Å²) in [5, 5.41) is 0. The molecule has 2 aliphatic rings. The van der Waals surface area contributed by atoms with Crippen LogP contribution in [0, 0.1) is 6.92 Å². The maximum atomic E-state index is 13.9. The van der Waals surface area contributed by atoms with E-state index in [1.54, 1.807) is 6.20 Å². The summed E-state index contributed by atoms with van der Waals surface area (Å²) >= 11 is 0. The molecular weight excluding hydrogens is 452 g/mol. The van der Waals surface area contributed by atoms with E-state index >= 15 is 0 Å². The Kier molecular flexibility index (Phi) is 6.92. The van der Waals surface area contributed by atoms with Crippen LogP contribution in [0.4, 0.5) is 4.79 Å². The Hall–Kier alpha value is -3.45. The highest BCUT2D eigenvalue weighted by Crippen LogP contribution is 2.39. The number of furan rings is 1. The summed E-state index contributed by atoms with van der Waals surface area (Å²) in [6, 6.07) is 19.4. The minimum atomic E-state index is -0.804. The molecule has 7 nitrogen and oxygen atoms in total. The molecule has 0 aliphatic carbocycles. The monoisotopic (exact) mass is 486 g/mol. The molecule has 1 spiro atoms. The van der Waals surface area contributed by atoms with Gasteiger partial charge in [-0.2, -0.15) is 0 Å². The van der Waals surface area contributed by atoms with E-state index in [1.807, 2.05) is 66.4 Å². The number of likely N-dealkylation sites (tertiary alicyclic amines) is 1. The highest BCUT2D eigenvalue weighted by molar-refractivity contribution is 6.07. The molecule has 1 unspecified atom stereocenters. The summed E-state index contributed by atoms with van der Waals surface area (Å²) in [4.78, 5) is 37.5. The Bertz CT molecular complexity index is 1190. The smallest absolute Gasteiger partial charge is 0.328 e. The number of benzene rings is 1. The highest BCUT2D eigenvalue weighted by Gasteiger charge is 2.57. The summed E-state index contributed by atoms with van der Waals surface area (Å²) in [5.41, 5.74) is 0.945. The maximum absolute atomic E-state index is 13.9. The number of aromatic nitrogens is 1. The van der Waals surface area contributed by atoms with Gasteiger partial charge in [-0.3, -0.25) is 14.7 Å². The predicted molar refractivity (Wildman–Crippen MR) is 137 cm³/mol. The van der Waals surface area contributed by atoms with Gasteiger partial charge in [-0.15, -0.1) is 0 Å². The van der Waals surface area contributed by atoms with Gasteiger partial charge in [0.2, 0.25) is 0 Å². The molecule has 2 aromatic heterocycles. The lowest BCUT2D eigenvalue weighted by Crippen LogP contribution is -2.56. The van der Waals surface area contributed by atoms with Crippen LogP contribution < -0.4 is 0 Å². The molecule has 1 aromatic carbocycles. The minimum absolute atomic E-state index is 0.0897. The van der Waals surface area contributed by atoms with Crippen molar-refractivity contribution >= 4 is 11.9 Å². The van der Waals surface area contributed by atoms with Crippen LogP contribution in [0.15, 0.2) is 71.3 Å². The number of hydrogen-bond donors (Lipinski definition) is 0. The van der Waals surface area contributed by atoms with Crippen molar-refractivity contribution in [3.05, 3.63) is 89.6 Å². The first-order valence-electron chi connectivity index (χ1n) is 12.8. The minimum Gasteiger partial charge on any atom is -0.466 e. The number of urea groups is 1. The number of nitrogens with zero attached hydrogens (tertiary/aromatic N) is 4. The van der Waals surface area contributed by atoms with Gasteiger partial charge in [0, 0.05) is 31.7 Å². The summed E-state index contributed by atoms with van der Waals surface area (Å²) in [7, 11) is 0. The van der Waals surface area contributed by atoms with E-state index in [4.69, 9.17) is 4.42 Å². The van der Waals surface area contributed by atoms with Gasteiger partial charge in [0.15, 0.2) is 0 Å². The number of imide groups is 1. The third-order valence-corrected chi connectivity index (χ3v) is 7.66. The number of hydrogen-bond acceptors (Lipinski definition) is 5. The summed E-state index contributed by atoms with van der Waals surface area (Å²) in [5.74, 6) is 2.22. The fourth-order valence-electron chi connectivity index (χ4n) is 5.43. The van der Waals surface area contributed by atoms with E-state index in [9.17, 15) is 9.59 Å². The predicted octanol–water partition coefficient (Wildman–Crippen LogP) is 4.98. The van der Waals surface area contributed by atoms with Crippen LogP contribution in [0.1, 0.15) is 54.9 Å². The summed E-state index contributed by atoms with van der Waals surface area (Å²) < 4.78 is 5.80.